The number of piperazine rings is 1. The monoisotopic (exact) mass is 549 g/mol. The maximum atomic E-state index is 14.5. The predicted octanol–water partition coefficient (Wildman–Crippen LogP) is 4.01. The zero-order valence-corrected chi connectivity index (χ0v) is 22.6. The van der Waals surface area contributed by atoms with Gasteiger partial charge in [-0.1, -0.05) is 29.8 Å². The van der Waals surface area contributed by atoms with Crippen LogP contribution in [0.25, 0.3) is 22.0 Å². The van der Waals surface area contributed by atoms with Crippen LogP contribution < -0.4 is 21.6 Å². The predicted molar refractivity (Wildman–Crippen MR) is 147 cm³/mol. The van der Waals surface area contributed by atoms with Gasteiger partial charge in [0.2, 0.25) is 0 Å². The second-order valence-electron chi connectivity index (χ2n) is 9.85. The molecule has 2 unspecified atom stereocenters. The Morgan fingerprint density at radius 1 is 1.18 bits per heavy atom. The number of aliphatic hydroxyl groups excluding tert-OH is 1. The SMILES string of the molecule is Cc1ccc(-c2c(C(F)(F)F)cc3c(N4CC(C)NC(C)C4)nc(=O)n4c3c2SCCC4)cc1.NCCO. The summed E-state index contributed by atoms with van der Waals surface area (Å²) in [6, 6.07) is 8.58. The van der Waals surface area contributed by atoms with Gasteiger partial charge in [-0.3, -0.25) is 4.57 Å². The summed E-state index contributed by atoms with van der Waals surface area (Å²) in [6.07, 6.45) is -3.87. The Hall–Kier alpha value is -2.60. The van der Waals surface area contributed by atoms with E-state index in [9.17, 15) is 18.0 Å². The van der Waals surface area contributed by atoms with E-state index in [-0.39, 0.29) is 24.3 Å². The lowest BCUT2D eigenvalue weighted by Gasteiger charge is -2.37. The number of halogens is 3. The molecule has 1 saturated heterocycles. The largest absolute Gasteiger partial charge is 0.417 e. The minimum absolute atomic E-state index is 0.0972. The van der Waals surface area contributed by atoms with Crippen molar-refractivity contribution < 1.29 is 18.3 Å². The van der Waals surface area contributed by atoms with Gasteiger partial charge in [0.15, 0.2) is 0 Å². The average Bonchev–Trinajstić information content (AvgIpc) is 3.09. The van der Waals surface area contributed by atoms with E-state index in [4.69, 9.17) is 10.8 Å². The topological polar surface area (TPSA) is 96.4 Å². The van der Waals surface area contributed by atoms with Crippen LogP contribution >= 0.6 is 11.8 Å². The number of nitrogens with zero attached hydrogens (tertiary/aromatic N) is 3. The third-order valence-electron chi connectivity index (χ3n) is 6.60. The van der Waals surface area contributed by atoms with Gasteiger partial charge < -0.3 is 21.1 Å². The van der Waals surface area contributed by atoms with Crippen molar-refractivity contribution in [2.24, 2.45) is 5.73 Å². The number of aliphatic hydroxyl groups is 1. The van der Waals surface area contributed by atoms with E-state index < -0.39 is 17.4 Å². The van der Waals surface area contributed by atoms with E-state index in [0.29, 0.717) is 65.5 Å². The lowest BCUT2D eigenvalue weighted by molar-refractivity contribution is -0.137. The van der Waals surface area contributed by atoms with Gasteiger partial charge in [-0.25, -0.2) is 4.79 Å². The highest BCUT2D eigenvalue weighted by molar-refractivity contribution is 7.99. The Bertz CT molecular complexity index is 1330. The summed E-state index contributed by atoms with van der Waals surface area (Å²) in [4.78, 5) is 20.0. The minimum Gasteiger partial charge on any atom is -0.395 e. The molecule has 0 aliphatic carbocycles. The molecule has 0 spiro atoms. The van der Waals surface area contributed by atoms with Crippen molar-refractivity contribution in [1.29, 1.82) is 0 Å². The van der Waals surface area contributed by atoms with E-state index in [0.717, 1.165) is 5.56 Å². The molecule has 2 aromatic carbocycles. The molecule has 1 fully saturated rings. The third kappa shape index (κ3) is 5.85. The standard InChI is InChI=1S/C25H27F3N4OS.C2H7NO/c1-14-5-7-17(8-6-14)20-19(25(26,27)28)11-18-21-22(20)34-10-4-9-32(21)24(33)30-23(18)31-12-15(2)29-16(3)13-31;3-1-2-4/h5-8,11,15-16,29H,4,9-10,12-13H2,1-3H3;4H,1-3H2. The first kappa shape index (κ1) is 28.4. The van der Waals surface area contributed by atoms with Gasteiger partial charge in [0.25, 0.3) is 0 Å². The molecule has 5 rings (SSSR count). The number of aromatic nitrogens is 2. The zero-order valence-electron chi connectivity index (χ0n) is 21.8. The molecule has 0 saturated carbocycles. The molecule has 2 atom stereocenters. The summed E-state index contributed by atoms with van der Waals surface area (Å²) in [5.74, 6) is 0.981. The van der Waals surface area contributed by atoms with Gasteiger partial charge in [0.1, 0.15) is 5.82 Å². The van der Waals surface area contributed by atoms with Gasteiger partial charge in [0, 0.05) is 54.1 Å². The first-order valence-corrected chi connectivity index (χ1v) is 13.7. The second kappa shape index (κ2) is 11.6. The van der Waals surface area contributed by atoms with Crippen LogP contribution in [0.5, 0.6) is 0 Å². The third-order valence-corrected chi connectivity index (χ3v) is 7.78. The summed E-state index contributed by atoms with van der Waals surface area (Å²) in [7, 11) is 0. The fourth-order valence-corrected chi connectivity index (χ4v) is 6.32. The maximum absolute atomic E-state index is 14.5. The number of rotatable bonds is 3. The van der Waals surface area contributed by atoms with Crippen LogP contribution in [0, 0.1) is 6.92 Å². The number of alkyl halides is 3. The summed E-state index contributed by atoms with van der Waals surface area (Å²) in [5.41, 5.74) is 5.89. The summed E-state index contributed by atoms with van der Waals surface area (Å²) in [5, 5.41) is 11.6. The molecule has 206 valence electrons. The van der Waals surface area contributed by atoms with E-state index >= 15 is 0 Å². The number of nitrogens with two attached hydrogens (primary N) is 1. The molecule has 11 heteroatoms. The van der Waals surface area contributed by atoms with Crippen molar-refractivity contribution in [2.75, 3.05) is 36.9 Å². The van der Waals surface area contributed by atoms with E-state index in [1.165, 1.54) is 17.8 Å². The van der Waals surface area contributed by atoms with E-state index in [1.54, 1.807) is 16.7 Å². The molecular formula is C27H34F3N5O2S. The van der Waals surface area contributed by atoms with Crippen LogP contribution in [-0.2, 0) is 12.7 Å². The summed E-state index contributed by atoms with van der Waals surface area (Å²) < 4.78 is 45.2. The Labute approximate surface area is 224 Å². The van der Waals surface area contributed by atoms with Gasteiger partial charge in [0.05, 0.1) is 17.7 Å². The van der Waals surface area contributed by atoms with Crippen LogP contribution in [0.15, 0.2) is 40.0 Å². The van der Waals surface area contributed by atoms with E-state index in [1.807, 2.05) is 37.8 Å². The Morgan fingerprint density at radius 2 is 1.82 bits per heavy atom. The molecule has 0 bridgehead atoms. The molecule has 2 aliphatic rings. The molecule has 1 aromatic heterocycles. The number of hydrogen-bond acceptors (Lipinski definition) is 7. The average molecular weight is 550 g/mol. The first-order valence-electron chi connectivity index (χ1n) is 12.8. The molecule has 38 heavy (non-hydrogen) atoms. The summed E-state index contributed by atoms with van der Waals surface area (Å²) >= 11 is 1.40. The van der Waals surface area contributed by atoms with Crippen molar-refractivity contribution in [1.82, 2.24) is 14.9 Å². The van der Waals surface area contributed by atoms with Gasteiger partial charge in [-0.15, -0.1) is 11.8 Å². The number of hydrogen-bond donors (Lipinski definition) is 3. The van der Waals surface area contributed by atoms with Crippen LogP contribution in [-0.4, -0.2) is 58.7 Å². The maximum Gasteiger partial charge on any atom is 0.417 e. The van der Waals surface area contributed by atoms with E-state index in [2.05, 4.69) is 10.3 Å². The number of nitrogens with one attached hydrogen (secondary N) is 1. The zero-order chi connectivity index (χ0) is 27.6. The van der Waals surface area contributed by atoms with Crippen LogP contribution in [0.3, 0.4) is 0 Å². The van der Waals surface area contributed by atoms with Crippen molar-refractivity contribution >= 4 is 28.5 Å². The lowest BCUT2D eigenvalue weighted by Crippen LogP contribution is -2.55. The van der Waals surface area contributed by atoms with Gasteiger partial charge >= 0.3 is 11.9 Å². The molecule has 4 N–H and O–H groups in total. The Morgan fingerprint density at radius 3 is 2.39 bits per heavy atom. The van der Waals surface area contributed by atoms with Crippen LogP contribution in [0.1, 0.15) is 31.4 Å². The minimum atomic E-state index is -4.56. The molecule has 3 aromatic rings. The molecular weight excluding hydrogens is 515 g/mol. The lowest BCUT2D eigenvalue weighted by atomic mass is 9.95. The van der Waals surface area contributed by atoms with Crippen molar-refractivity contribution in [3.8, 4) is 11.1 Å². The summed E-state index contributed by atoms with van der Waals surface area (Å²) in [6.45, 7) is 8.01. The fourth-order valence-electron chi connectivity index (χ4n) is 5.11. The number of benzene rings is 2. The number of anilines is 1. The molecule has 3 heterocycles. The van der Waals surface area contributed by atoms with Crippen LogP contribution in [0.4, 0.5) is 19.0 Å². The highest BCUT2D eigenvalue weighted by Crippen LogP contribution is 2.48. The fraction of sp³-hybridized carbons (Fsp3) is 0.481. The quantitative estimate of drug-likeness (QED) is 0.454. The number of aryl methyl sites for hydroxylation is 2. The van der Waals surface area contributed by atoms with Crippen LogP contribution in [0.2, 0.25) is 0 Å². The number of thioether (sulfide) groups is 1. The van der Waals surface area contributed by atoms with Crippen molar-refractivity contribution in [3.63, 3.8) is 0 Å². The molecule has 7 nitrogen and oxygen atoms in total. The first-order chi connectivity index (χ1) is 18.0. The van der Waals surface area contributed by atoms with Gasteiger partial charge in [-0.05, 0) is 44.6 Å². The highest BCUT2D eigenvalue weighted by Gasteiger charge is 2.38. The van der Waals surface area contributed by atoms with Crippen molar-refractivity contribution in [3.05, 3.63) is 51.9 Å². The molecule has 0 radical (unpaired) electrons. The molecule has 0 amide bonds. The Balaban J connectivity index is 0.000000786. The molecule has 2 aliphatic heterocycles. The van der Waals surface area contributed by atoms with Crippen molar-refractivity contribution in [2.45, 2.75) is 56.9 Å². The van der Waals surface area contributed by atoms with Gasteiger partial charge in [-0.2, -0.15) is 18.2 Å². The second-order valence-corrected chi connectivity index (χ2v) is 11.0. The smallest absolute Gasteiger partial charge is 0.395 e. The Kier molecular flexibility index (Phi) is 8.71. The highest BCUT2D eigenvalue weighted by atomic mass is 32.2. The normalized spacial score (nSPS) is 19.6.